The number of para-hydroxylation sites is 1. The lowest BCUT2D eigenvalue weighted by molar-refractivity contribution is 0.135. The number of benzene rings is 1. The van der Waals surface area contributed by atoms with Crippen LogP contribution in [0.1, 0.15) is 36.5 Å². The first kappa shape index (κ1) is 16.6. The summed E-state index contributed by atoms with van der Waals surface area (Å²) in [6, 6.07) is 9.76. The number of rotatable bonds is 3. The molecular weight excluding hydrogens is 328 g/mol. The second-order valence-electron chi connectivity index (χ2n) is 7.37. The normalized spacial score (nSPS) is 14.8. The Labute approximate surface area is 152 Å². The highest BCUT2D eigenvalue weighted by molar-refractivity contribution is 5.51. The quantitative estimate of drug-likeness (QED) is 0.712. The molecule has 0 aliphatic carbocycles. The summed E-state index contributed by atoms with van der Waals surface area (Å²) in [6.07, 6.45) is 0.860. The lowest BCUT2D eigenvalue weighted by atomic mass is 10.0. The summed E-state index contributed by atoms with van der Waals surface area (Å²) in [5.41, 5.74) is 3.64. The van der Waals surface area contributed by atoms with Crippen molar-refractivity contribution in [1.29, 1.82) is 0 Å². The number of nitrogens with zero attached hydrogens (tertiary/aromatic N) is 4. The SMILES string of the molecule is Cc1cc(Oc2cccc3c2OC(C)(C)C3)nc(-n2nc(C)cc2C)n1. The van der Waals surface area contributed by atoms with Gasteiger partial charge in [-0.15, -0.1) is 0 Å². The van der Waals surface area contributed by atoms with Crippen LogP contribution in [0.25, 0.3) is 5.95 Å². The number of fused-ring (bicyclic) bond motifs is 1. The zero-order valence-corrected chi connectivity index (χ0v) is 15.7. The third-order valence-electron chi connectivity index (χ3n) is 4.29. The summed E-state index contributed by atoms with van der Waals surface area (Å²) >= 11 is 0. The summed E-state index contributed by atoms with van der Waals surface area (Å²) in [5, 5.41) is 4.46. The summed E-state index contributed by atoms with van der Waals surface area (Å²) in [4.78, 5) is 9.04. The third-order valence-corrected chi connectivity index (χ3v) is 4.29. The Balaban J connectivity index is 1.71. The van der Waals surface area contributed by atoms with Gasteiger partial charge in [0, 0.05) is 29.4 Å². The van der Waals surface area contributed by atoms with Gasteiger partial charge in [0.15, 0.2) is 11.5 Å². The number of hydrogen-bond donors (Lipinski definition) is 0. The van der Waals surface area contributed by atoms with Crippen LogP contribution in [-0.4, -0.2) is 25.3 Å². The molecule has 0 amide bonds. The molecule has 134 valence electrons. The Morgan fingerprint density at radius 3 is 2.62 bits per heavy atom. The van der Waals surface area contributed by atoms with Crippen molar-refractivity contribution in [3.05, 3.63) is 53.0 Å². The first-order valence-corrected chi connectivity index (χ1v) is 8.69. The molecule has 2 aromatic heterocycles. The fourth-order valence-corrected chi connectivity index (χ4v) is 3.28. The minimum atomic E-state index is -0.224. The minimum absolute atomic E-state index is 0.224. The monoisotopic (exact) mass is 350 g/mol. The van der Waals surface area contributed by atoms with Crippen LogP contribution in [0.3, 0.4) is 0 Å². The van der Waals surface area contributed by atoms with Gasteiger partial charge in [0.1, 0.15) is 5.60 Å². The highest BCUT2D eigenvalue weighted by atomic mass is 16.5. The second-order valence-corrected chi connectivity index (χ2v) is 7.37. The molecule has 3 aromatic rings. The summed E-state index contributed by atoms with van der Waals surface area (Å²) in [7, 11) is 0. The highest BCUT2D eigenvalue weighted by Gasteiger charge is 2.32. The van der Waals surface area contributed by atoms with Crippen LogP contribution >= 0.6 is 0 Å². The zero-order chi connectivity index (χ0) is 18.5. The molecule has 0 saturated heterocycles. The van der Waals surface area contributed by atoms with Crippen molar-refractivity contribution in [2.24, 2.45) is 0 Å². The van der Waals surface area contributed by atoms with Gasteiger partial charge in [0.2, 0.25) is 5.88 Å². The number of ether oxygens (including phenoxy) is 2. The lowest BCUT2D eigenvalue weighted by Gasteiger charge is -2.18. The molecule has 1 aliphatic rings. The van der Waals surface area contributed by atoms with Crippen LogP contribution in [0.15, 0.2) is 30.3 Å². The van der Waals surface area contributed by atoms with Crippen LogP contribution < -0.4 is 9.47 Å². The Hall–Kier alpha value is -2.89. The smallest absolute Gasteiger partial charge is 0.254 e. The lowest BCUT2D eigenvalue weighted by Crippen LogP contribution is -2.24. The van der Waals surface area contributed by atoms with Crippen LogP contribution in [0.2, 0.25) is 0 Å². The fraction of sp³-hybridized carbons (Fsp3) is 0.350. The van der Waals surface area contributed by atoms with Gasteiger partial charge in [-0.25, -0.2) is 9.67 Å². The van der Waals surface area contributed by atoms with E-state index in [-0.39, 0.29) is 5.60 Å². The van der Waals surface area contributed by atoms with Crippen molar-refractivity contribution in [1.82, 2.24) is 19.7 Å². The van der Waals surface area contributed by atoms with E-state index in [0.29, 0.717) is 17.6 Å². The van der Waals surface area contributed by atoms with Gasteiger partial charge in [-0.2, -0.15) is 10.1 Å². The predicted octanol–water partition coefficient (Wildman–Crippen LogP) is 4.09. The first-order chi connectivity index (χ1) is 12.3. The Bertz CT molecular complexity index is 991. The van der Waals surface area contributed by atoms with Crippen molar-refractivity contribution >= 4 is 0 Å². The van der Waals surface area contributed by atoms with Crippen molar-refractivity contribution in [2.75, 3.05) is 0 Å². The van der Waals surface area contributed by atoms with Gasteiger partial charge in [-0.3, -0.25) is 0 Å². The van der Waals surface area contributed by atoms with Crippen molar-refractivity contribution in [3.63, 3.8) is 0 Å². The molecule has 1 aromatic carbocycles. The Morgan fingerprint density at radius 2 is 1.88 bits per heavy atom. The summed E-state index contributed by atoms with van der Waals surface area (Å²) in [6.45, 7) is 9.99. The maximum atomic E-state index is 6.09. The van der Waals surface area contributed by atoms with E-state index in [0.717, 1.165) is 34.8 Å². The van der Waals surface area contributed by atoms with E-state index in [1.54, 1.807) is 4.68 Å². The van der Waals surface area contributed by atoms with Gasteiger partial charge in [0.25, 0.3) is 5.95 Å². The van der Waals surface area contributed by atoms with Gasteiger partial charge in [-0.1, -0.05) is 12.1 Å². The van der Waals surface area contributed by atoms with Gasteiger partial charge in [-0.05, 0) is 46.8 Å². The van der Waals surface area contributed by atoms with E-state index < -0.39 is 0 Å². The summed E-state index contributed by atoms with van der Waals surface area (Å²) < 4.78 is 13.9. The molecule has 0 atom stereocenters. The average Bonchev–Trinajstić information content (AvgIpc) is 3.04. The Morgan fingerprint density at radius 1 is 1.08 bits per heavy atom. The largest absolute Gasteiger partial charge is 0.483 e. The molecule has 26 heavy (non-hydrogen) atoms. The van der Waals surface area contributed by atoms with E-state index in [1.807, 2.05) is 45.0 Å². The molecule has 0 unspecified atom stereocenters. The van der Waals surface area contributed by atoms with Crippen LogP contribution in [0, 0.1) is 20.8 Å². The molecule has 3 heterocycles. The van der Waals surface area contributed by atoms with E-state index in [4.69, 9.17) is 9.47 Å². The molecule has 4 rings (SSSR count). The van der Waals surface area contributed by atoms with E-state index in [9.17, 15) is 0 Å². The molecule has 0 bridgehead atoms. The average molecular weight is 350 g/mol. The van der Waals surface area contributed by atoms with Gasteiger partial charge >= 0.3 is 0 Å². The molecule has 1 aliphatic heterocycles. The van der Waals surface area contributed by atoms with Crippen molar-refractivity contribution in [2.45, 2.75) is 46.6 Å². The highest BCUT2D eigenvalue weighted by Crippen LogP contribution is 2.43. The van der Waals surface area contributed by atoms with Crippen LogP contribution in [0.4, 0.5) is 0 Å². The molecule has 0 saturated carbocycles. The van der Waals surface area contributed by atoms with Gasteiger partial charge in [0.05, 0.1) is 5.69 Å². The van der Waals surface area contributed by atoms with Crippen molar-refractivity contribution < 1.29 is 9.47 Å². The first-order valence-electron chi connectivity index (χ1n) is 8.69. The summed E-state index contributed by atoms with van der Waals surface area (Å²) in [5.74, 6) is 2.44. The molecule has 6 nitrogen and oxygen atoms in total. The molecule has 0 N–H and O–H groups in total. The third kappa shape index (κ3) is 3.03. The Kier molecular flexibility index (Phi) is 3.72. The molecule has 0 spiro atoms. The standard InChI is InChI=1S/C20H22N4O2/c1-12-10-17(22-19(21-12)24-14(3)9-13(2)23-24)25-16-8-6-7-15-11-20(4,5)26-18(15)16/h6-10H,11H2,1-5H3. The topological polar surface area (TPSA) is 62.1 Å². The maximum absolute atomic E-state index is 6.09. The van der Waals surface area contributed by atoms with Crippen LogP contribution in [0.5, 0.6) is 17.4 Å². The number of aromatic nitrogens is 4. The fourth-order valence-electron chi connectivity index (χ4n) is 3.28. The van der Waals surface area contributed by atoms with Gasteiger partial charge < -0.3 is 9.47 Å². The molecule has 0 fully saturated rings. The van der Waals surface area contributed by atoms with E-state index in [1.165, 1.54) is 0 Å². The van der Waals surface area contributed by atoms with Crippen LogP contribution in [-0.2, 0) is 6.42 Å². The van der Waals surface area contributed by atoms with E-state index >= 15 is 0 Å². The van der Waals surface area contributed by atoms with Crippen molar-refractivity contribution in [3.8, 4) is 23.3 Å². The van der Waals surface area contributed by atoms with E-state index in [2.05, 4.69) is 35.0 Å². The molecule has 6 heteroatoms. The second kappa shape index (κ2) is 5.83. The number of hydrogen-bond acceptors (Lipinski definition) is 5. The molecule has 0 radical (unpaired) electrons. The zero-order valence-electron chi connectivity index (χ0n) is 15.7. The minimum Gasteiger partial charge on any atom is -0.483 e. The maximum Gasteiger partial charge on any atom is 0.254 e. The predicted molar refractivity (Wildman–Crippen MR) is 98.3 cm³/mol. The number of aryl methyl sites for hydroxylation is 3. The molecular formula is C20H22N4O2.